The Balaban J connectivity index is 2.02. The van der Waals surface area contributed by atoms with Gasteiger partial charge >= 0.3 is 0 Å². The molecule has 0 spiro atoms. The number of piperidine rings is 1. The summed E-state index contributed by atoms with van der Waals surface area (Å²) < 4.78 is 13.0. The molecule has 1 aliphatic rings. The number of hydrogen-bond donors (Lipinski definition) is 2. The number of nitrogens with zero attached hydrogens (tertiary/aromatic N) is 1. The molecule has 0 bridgehead atoms. The summed E-state index contributed by atoms with van der Waals surface area (Å²) in [5, 5.41) is 12.0. The molecule has 132 valence electrons. The van der Waals surface area contributed by atoms with Crippen LogP contribution in [0.1, 0.15) is 37.0 Å². The van der Waals surface area contributed by atoms with E-state index in [1.54, 1.807) is 4.90 Å². The number of likely N-dealkylation sites (tertiary alicyclic amines) is 1. The molecule has 1 aromatic rings. The zero-order valence-electron chi connectivity index (χ0n) is 14.2. The molecule has 0 aromatic heterocycles. The van der Waals surface area contributed by atoms with Crippen molar-refractivity contribution < 1.29 is 19.1 Å². The van der Waals surface area contributed by atoms with Gasteiger partial charge in [0.1, 0.15) is 11.9 Å². The summed E-state index contributed by atoms with van der Waals surface area (Å²) in [6.45, 7) is 5.11. The Morgan fingerprint density at radius 1 is 1.25 bits per heavy atom. The van der Waals surface area contributed by atoms with E-state index in [4.69, 9.17) is 0 Å². The minimum Gasteiger partial charge on any atom is -0.396 e. The normalized spacial score (nSPS) is 17.0. The second-order valence-electron chi connectivity index (χ2n) is 6.65. The third-order valence-corrected chi connectivity index (χ3v) is 4.51. The molecule has 1 saturated heterocycles. The largest absolute Gasteiger partial charge is 0.396 e. The van der Waals surface area contributed by atoms with Crippen LogP contribution < -0.4 is 5.32 Å². The highest BCUT2D eigenvalue weighted by molar-refractivity contribution is 5.97. The Morgan fingerprint density at radius 2 is 1.83 bits per heavy atom. The van der Waals surface area contributed by atoms with Crippen molar-refractivity contribution in [2.75, 3.05) is 19.7 Å². The summed E-state index contributed by atoms with van der Waals surface area (Å²) in [7, 11) is 0. The van der Waals surface area contributed by atoms with Crippen molar-refractivity contribution in [3.8, 4) is 0 Å². The van der Waals surface area contributed by atoms with Crippen molar-refractivity contribution >= 4 is 11.8 Å². The van der Waals surface area contributed by atoms with Gasteiger partial charge < -0.3 is 15.3 Å². The van der Waals surface area contributed by atoms with Crippen molar-refractivity contribution in [2.24, 2.45) is 11.8 Å². The molecule has 0 saturated carbocycles. The maximum atomic E-state index is 13.0. The average molecular weight is 336 g/mol. The van der Waals surface area contributed by atoms with Crippen molar-refractivity contribution in [1.82, 2.24) is 10.2 Å². The number of halogens is 1. The van der Waals surface area contributed by atoms with Crippen LogP contribution in [-0.2, 0) is 4.79 Å². The third kappa shape index (κ3) is 4.54. The standard InChI is InChI=1S/C18H25FN2O3/c1-12(2)16(18(24)21-9-7-13(11-22)8-10-21)20-17(23)14-3-5-15(19)6-4-14/h3-6,12-13,16,22H,7-11H2,1-2H3,(H,20,23). The van der Waals surface area contributed by atoms with Gasteiger partial charge in [0.15, 0.2) is 0 Å². The monoisotopic (exact) mass is 336 g/mol. The van der Waals surface area contributed by atoms with Gasteiger partial charge in [-0.15, -0.1) is 0 Å². The Hall–Kier alpha value is -1.95. The third-order valence-electron chi connectivity index (χ3n) is 4.51. The first-order valence-corrected chi connectivity index (χ1v) is 8.38. The summed E-state index contributed by atoms with van der Waals surface area (Å²) in [6, 6.07) is 4.63. The molecule has 2 amide bonds. The van der Waals surface area contributed by atoms with Crippen LogP contribution >= 0.6 is 0 Å². The van der Waals surface area contributed by atoms with E-state index in [1.807, 2.05) is 13.8 Å². The van der Waals surface area contributed by atoms with Crippen molar-refractivity contribution in [3.05, 3.63) is 35.6 Å². The van der Waals surface area contributed by atoms with Crippen molar-refractivity contribution in [2.45, 2.75) is 32.7 Å². The minimum absolute atomic E-state index is 0.0579. The Kier molecular flexibility index (Phi) is 6.31. The molecule has 1 fully saturated rings. The molecular weight excluding hydrogens is 311 g/mol. The smallest absolute Gasteiger partial charge is 0.251 e. The predicted molar refractivity (Wildman–Crippen MR) is 88.9 cm³/mol. The number of nitrogens with one attached hydrogen (secondary N) is 1. The van der Waals surface area contributed by atoms with Gasteiger partial charge in [-0.2, -0.15) is 0 Å². The molecule has 2 rings (SSSR count). The number of amides is 2. The first kappa shape index (κ1) is 18.4. The van der Waals surface area contributed by atoms with Gasteiger partial charge in [-0.3, -0.25) is 9.59 Å². The zero-order valence-corrected chi connectivity index (χ0v) is 14.2. The molecule has 1 aromatic carbocycles. The molecule has 24 heavy (non-hydrogen) atoms. The van der Waals surface area contributed by atoms with E-state index in [-0.39, 0.29) is 30.3 Å². The van der Waals surface area contributed by atoms with Gasteiger partial charge in [-0.1, -0.05) is 13.8 Å². The van der Waals surface area contributed by atoms with E-state index >= 15 is 0 Å². The lowest BCUT2D eigenvalue weighted by Crippen LogP contribution is -2.53. The summed E-state index contributed by atoms with van der Waals surface area (Å²) in [5.41, 5.74) is 0.328. The van der Waals surface area contributed by atoms with E-state index in [9.17, 15) is 19.1 Å². The van der Waals surface area contributed by atoms with Gasteiger partial charge in [-0.25, -0.2) is 4.39 Å². The van der Waals surface area contributed by atoms with Crippen LogP contribution in [0.15, 0.2) is 24.3 Å². The molecule has 1 heterocycles. The van der Waals surface area contributed by atoms with Gasteiger partial charge in [0.2, 0.25) is 5.91 Å². The maximum absolute atomic E-state index is 13.0. The highest BCUT2D eigenvalue weighted by atomic mass is 19.1. The van der Waals surface area contributed by atoms with Crippen LogP contribution in [0, 0.1) is 17.7 Å². The number of rotatable bonds is 5. The van der Waals surface area contributed by atoms with Crippen LogP contribution in [0.4, 0.5) is 4.39 Å². The van der Waals surface area contributed by atoms with Crippen molar-refractivity contribution in [3.63, 3.8) is 0 Å². The summed E-state index contributed by atoms with van der Waals surface area (Å²) >= 11 is 0. The highest BCUT2D eigenvalue weighted by Crippen LogP contribution is 2.18. The summed E-state index contributed by atoms with van der Waals surface area (Å²) in [5.74, 6) is -0.697. The Bertz CT molecular complexity index is 566. The Labute approximate surface area is 141 Å². The quantitative estimate of drug-likeness (QED) is 0.862. The average Bonchev–Trinajstić information content (AvgIpc) is 2.59. The molecule has 0 aliphatic carbocycles. The number of aliphatic hydroxyl groups excluding tert-OH is 1. The van der Waals surface area contributed by atoms with Crippen LogP contribution in [0.2, 0.25) is 0 Å². The SMILES string of the molecule is CC(C)C(NC(=O)c1ccc(F)cc1)C(=O)N1CCC(CO)CC1. The fourth-order valence-electron chi connectivity index (χ4n) is 2.87. The van der Waals surface area contributed by atoms with E-state index in [0.717, 1.165) is 12.8 Å². The molecule has 1 aliphatic heterocycles. The molecule has 2 N–H and O–H groups in total. The molecule has 1 atom stereocenters. The van der Waals surface area contributed by atoms with Gasteiger partial charge in [0.05, 0.1) is 0 Å². The van der Waals surface area contributed by atoms with Crippen LogP contribution in [0.25, 0.3) is 0 Å². The van der Waals surface area contributed by atoms with E-state index in [2.05, 4.69) is 5.32 Å². The lowest BCUT2D eigenvalue weighted by atomic mass is 9.95. The molecule has 0 radical (unpaired) electrons. The molecule has 6 heteroatoms. The first-order valence-electron chi connectivity index (χ1n) is 8.38. The number of hydrogen-bond acceptors (Lipinski definition) is 3. The molecular formula is C18H25FN2O3. The second kappa shape index (κ2) is 8.24. The minimum atomic E-state index is -0.617. The van der Waals surface area contributed by atoms with Gasteiger partial charge in [0, 0.05) is 25.3 Å². The second-order valence-corrected chi connectivity index (χ2v) is 6.65. The topological polar surface area (TPSA) is 69.6 Å². The number of aliphatic hydroxyl groups is 1. The predicted octanol–water partition coefficient (Wildman–Crippen LogP) is 1.81. The summed E-state index contributed by atoms with van der Waals surface area (Å²) in [4.78, 5) is 26.8. The molecule has 5 nitrogen and oxygen atoms in total. The van der Waals surface area contributed by atoms with Crippen molar-refractivity contribution in [1.29, 1.82) is 0 Å². The van der Waals surface area contributed by atoms with Crippen LogP contribution in [-0.4, -0.2) is 47.6 Å². The highest BCUT2D eigenvalue weighted by Gasteiger charge is 2.31. The maximum Gasteiger partial charge on any atom is 0.251 e. The molecule has 1 unspecified atom stereocenters. The van der Waals surface area contributed by atoms with E-state index in [1.165, 1.54) is 24.3 Å². The fourth-order valence-corrected chi connectivity index (χ4v) is 2.87. The number of carbonyl (C=O) groups is 2. The number of carbonyl (C=O) groups excluding carboxylic acids is 2. The summed E-state index contributed by atoms with van der Waals surface area (Å²) in [6.07, 6.45) is 1.55. The van der Waals surface area contributed by atoms with Gasteiger partial charge in [0.25, 0.3) is 5.91 Å². The van der Waals surface area contributed by atoms with Crippen LogP contribution in [0.3, 0.4) is 0 Å². The van der Waals surface area contributed by atoms with Crippen LogP contribution in [0.5, 0.6) is 0 Å². The zero-order chi connectivity index (χ0) is 17.7. The van der Waals surface area contributed by atoms with E-state index in [0.29, 0.717) is 18.7 Å². The lowest BCUT2D eigenvalue weighted by molar-refractivity contribution is -0.135. The Morgan fingerprint density at radius 3 is 2.33 bits per heavy atom. The lowest BCUT2D eigenvalue weighted by Gasteiger charge is -2.35. The van der Waals surface area contributed by atoms with E-state index < -0.39 is 11.9 Å². The number of benzene rings is 1. The van der Waals surface area contributed by atoms with Gasteiger partial charge in [-0.05, 0) is 48.9 Å². The fraction of sp³-hybridized carbons (Fsp3) is 0.556. The first-order chi connectivity index (χ1) is 11.4.